The first-order valence-corrected chi connectivity index (χ1v) is 11.5. The number of carboxylic acid groups (broad SMARTS) is 1. The molecule has 0 saturated heterocycles. The highest BCUT2D eigenvalue weighted by molar-refractivity contribution is 7.98. The Labute approximate surface area is 182 Å². The molecular weight excluding hydrogens is 410 g/mol. The Morgan fingerprint density at radius 1 is 0.933 bits per heavy atom. The number of unbranched alkanes of at least 4 members (excludes halogenated alkanes) is 1. The minimum absolute atomic E-state index is 0.243. The number of aliphatic carboxylic acids is 1. The molecule has 0 aliphatic heterocycles. The van der Waals surface area contributed by atoms with Crippen molar-refractivity contribution in [3.05, 3.63) is 0 Å². The summed E-state index contributed by atoms with van der Waals surface area (Å²) in [5.41, 5.74) is 11.3. The third kappa shape index (κ3) is 10.8. The molecule has 0 aromatic heterocycles. The van der Waals surface area contributed by atoms with Crippen molar-refractivity contribution in [1.82, 2.24) is 16.0 Å². The van der Waals surface area contributed by atoms with E-state index in [0.717, 1.165) is 6.42 Å². The smallest absolute Gasteiger partial charge is 0.325 e. The summed E-state index contributed by atoms with van der Waals surface area (Å²) in [6.07, 6.45) is 4.11. The van der Waals surface area contributed by atoms with Crippen LogP contribution >= 0.6 is 11.8 Å². The first-order valence-electron chi connectivity index (χ1n) is 10.1. The van der Waals surface area contributed by atoms with E-state index in [1.807, 2.05) is 6.26 Å². The monoisotopic (exact) mass is 447 g/mol. The van der Waals surface area contributed by atoms with Crippen LogP contribution in [-0.2, 0) is 19.2 Å². The summed E-state index contributed by atoms with van der Waals surface area (Å²) in [4.78, 5) is 48.6. The van der Waals surface area contributed by atoms with Crippen LogP contribution in [0.25, 0.3) is 0 Å². The quantitative estimate of drug-likeness (QED) is 0.180. The molecule has 8 N–H and O–H groups in total. The van der Waals surface area contributed by atoms with Crippen molar-refractivity contribution in [3.63, 3.8) is 0 Å². The maximum atomic E-state index is 12.8. The van der Waals surface area contributed by atoms with Crippen molar-refractivity contribution in [2.24, 2.45) is 17.4 Å². The fourth-order valence-electron chi connectivity index (χ4n) is 2.58. The topological polar surface area (TPSA) is 177 Å². The third-order valence-corrected chi connectivity index (χ3v) is 5.17. The maximum Gasteiger partial charge on any atom is 0.325 e. The standard InChI is InChI=1S/C19H37N5O5S/c1-11(2)15(24-16(25)13(21)7-5-6-9-20)18(27)23-14(8-10-30-4)17(26)22-12(3)19(28)29/h11-15H,5-10,20-21H2,1-4H3,(H,22,26)(H,23,27)(H,24,25)(H,28,29). The Kier molecular flexibility index (Phi) is 14.1. The number of hydrogen-bond acceptors (Lipinski definition) is 7. The van der Waals surface area contributed by atoms with Crippen LogP contribution in [0.2, 0.25) is 0 Å². The van der Waals surface area contributed by atoms with E-state index in [1.165, 1.54) is 18.7 Å². The van der Waals surface area contributed by atoms with E-state index < -0.39 is 47.9 Å². The minimum atomic E-state index is -1.17. The fourth-order valence-corrected chi connectivity index (χ4v) is 3.05. The average molecular weight is 448 g/mol. The van der Waals surface area contributed by atoms with Gasteiger partial charge in [-0.25, -0.2) is 0 Å². The molecule has 0 bridgehead atoms. The van der Waals surface area contributed by atoms with Crippen LogP contribution in [0.3, 0.4) is 0 Å². The van der Waals surface area contributed by atoms with Crippen LogP contribution in [0.5, 0.6) is 0 Å². The second-order valence-corrected chi connectivity index (χ2v) is 8.52. The predicted molar refractivity (Wildman–Crippen MR) is 118 cm³/mol. The fraction of sp³-hybridized carbons (Fsp3) is 0.789. The van der Waals surface area contributed by atoms with Gasteiger partial charge < -0.3 is 32.5 Å². The maximum absolute atomic E-state index is 12.8. The minimum Gasteiger partial charge on any atom is -0.480 e. The number of thioether (sulfide) groups is 1. The average Bonchev–Trinajstić information content (AvgIpc) is 2.68. The Hall–Kier alpha value is -1.85. The molecule has 0 rings (SSSR count). The lowest BCUT2D eigenvalue weighted by atomic mass is 10.0. The van der Waals surface area contributed by atoms with Gasteiger partial charge in [-0.3, -0.25) is 19.2 Å². The van der Waals surface area contributed by atoms with Crippen molar-refractivity contribution in [2.45, 2.75) is 70.6 Å². The van der Waals surface area contributed by atoms with Gasteiger partial charge in [-0.2, -0.15) is 11.8 Å². The summed E-state index contributed by atoms with van der Waals surface area (Å²) in [6, 6.07) is -3.63. The molecule has 0 aliphatic carbocycles. The van der Waals surface area contributed by atoms with Gasteiger partial charge in [0.2, 0.25) is 17.7 Å². The zero-order valence-electron chi connectivity index (χ0n) is 18.3. The van der Waals surface area contributed by atoms with Crippen LogP contribution < -0.4 is 27.4 Å². The molecule has 0 heterocycles. The van der Waals surface area contributed by atoms with E-state index in [4.69, 9.17) is 16.6 Å². The van der Waals surface area contributed by atoms with E-state index in [1.54, 1.807) is 13.8 Å². The Morgan fingerprint density at radius 3 is 2.07 bits per heavy atom. The van der Waals surface area contributed by atoms with E-state index in [9.17, 15) is 19.2 Å². The van der Waals surface area contributed by atoms with Crippen molar-refractivity contribution < 1.29 is 24.3 Å². The molecule has 0 saturated carbocycles. The van der Waals surface area contributed by atoms with Crippen molar-refractivity contribution in [3.8, 4) is 0 Å². The zero-order valence-corrected chi connectivity index (χ0v) is 19.1. The number of carboxylic acids is 1. The molecular formula is C19H37N5O5S. The van der Waals surface area contributed by atoms with Gasteiger partial charge in [0.15, 0.2) is 0 Å². The van der Waals surface area contributed by atoms with E-state index in [-0.39, 0.29) is 5.92 Å². The lowest BCUT2D eigenvalue weighted by molar-refractivity contribution is -0.141. The summed E-state index contributed by atoms with van der Waals surface area (Å²) < 4.78 is 0. The highest BCUT2D eigenvalue weighted by Crippen LogP contribution is 2.07. The SMILES string of the molecule is CSCCC(NC(=O)C(NC(=O)C(N)CCCCN)C(C)C)C(=O)NC(C)C(=O)O. The first-order chi connectivity index (χ1) is 14.0. The summed E-state index contributed by atoms with van der Waals surface area (Å²) in [5, 5.41) is 16.7. The van der Waals surface area contributed by atoms with Gasteiger partial charge >= 0.3 is 5.97 Å². The lowest BCUT2D eigenvalue weighted by Gasteiger charge is -2.26. The highest BCUT2D eigenvalue weighted by atomic mass is 32.2. The lowest BCUT2D eigenvalue weighted by Crippen LogP contribution is -2.58. The van der Waals surface area contributed by atoms with Gasteiger partial charge in [-0.1, -0.05) is 20.3 Å². The number of amides is 3. The number of carbonyl (C=O) groups excluding carboxylic acids is 3. The van der Waals surface area contributed by atoms with Crippen LogP contribution in [0.1, 0.15) is 46.5 Å². The zero-order chi connectivity index (χ0) is 23.3. The molecule has 0 spiro atoms. The van der Waals surface area contributed by atoms with E-state index in [0.29, 0.717) is 31.6 Å². The van der Waals surface area contributed by atoms with Gasteiger partial charge in [-0.15, -0.1) is 0 Å². The largest absolute Gasteiger partial charge is 0.480 e. The number of nitrogens with two attached hydrogens (primary N) is 2. The summed E-state index contributed by atoms with van der Waals surface area (Å²) in [5.74, 6) is -2.37. The predicted octanol–water partition coefficient (Wildman–Crippen LogP) is -0.589. The van der Waals surface area contributed by atoms with Gasteiger partial charge in [0.05, 0.1) is 6.04 Å². The summed E-state index contributed by atoms with van der Waals surface area (Å²) in [6.45, 7) is 5.41. The Balaban J connectivity index is 5.12. The Morgan fingerprint density at radius 2 is 1.57 bits per heavy atom. The van der Waals surface area contributed by atoms with E-state index >= 15 is 0 Å². The summed E-state index contributed by atoms with van der Waals surface area (Å²) in [7, 11) is 0. The normalized spacial score (nSPS) is 15.0. The third-order valence-electron chi connectivity index (χ3n) is 4.53. The molecule has 3 amide bonds. The molecule has 4 atom stereocenters. The van der Waals surface area contributed by atoms with Crippen LogP contribution in [0, 0.1) is 5.92 Å². The van der Waals surface area contributed by atoms with Gasteiger partial charge in [-0.05, 0) is 50.7 Å². The number of hydrogen-bond donors (Lipinski definition) is 6. The molecule has 0 fully saturated rings. The van der Waals surface area contributed by atoms with E-state index in [2.05, 4.69) is 16.0 Å². The molecule has 0 aromatic rings. The first kappa shape index (κ1) is 28.1. The molecule has 0 radical (unpaired) electrons. The molecule has 0 aromatic carbocycles. The summed E-state index contributed by atoms with van der Waals surface area (Å²) >= 11 is 1.50. The molecule has 11 heteroatoms. The van der Waals surface area contributed by atoms with Crippen molar-refractivity contribution >= 4 is 35.5 Å². The van der Waals surface area contributed by atoms with Crippen molar-refractivity contribution in [1.29, 1.82) is 0 Å². The van der Waals surface area contributed by atoms with Crippen molar-refractivity contribution in [2.75, 3.05) is 18.6 Å². The second kappa shape index (κ2) is 15.0. The molecule has 30 heavy (non-hydrogen) atoms. The van der Waals surface area contributed by atoms with Gasteiger partial charge in [0.1, 0.15) is 18.1 Å². The van der Waals surface area contributed by atoms with Gasteiger partial charge in [0, 0.05) is 0 Å². The van der Waals surface area contributed by atoms with Gasteiger partial charge in [0.25, 0.3) is 0 Å². The number of nitrogens with one attached hydrogen (secondary N) is 3. The Bertz CT molecular complexity index is 576. The molecule has 4 unspecified atom stereocenters. The number of carbonyl (C=O) groups is 4. The molecule has 0 aliphatic rings. The van der Waals surface area contributed by atoms with Crippen LogP contribution in [-0.4, -0.2) is 71.5 Å². The molecule has 10 nitrogen and oxygen atoms in total. The van der Waals surface area contributed by atoms with Crippen LogP contribution in [0.4, 0.5) is 0 Å². The highest BCUT2D eigenvalue weighted by Gasteiger charge is 2.30. The molecule has 174 valence electrons. The van der Waals surface area contributed by atoms with Crippen LogP contribution in [0.15, 0.2) is 0 Å². The number of rotatable bonds is 15. The second-order valence-electron chi connectivity index (χ2n) is 7.53.